The van der Waals surface area contributed by atoms with E-state index in [1.807, 2.05) is 23.2 Å². The van der Waals surface area contributed by atoms with Crippen molar-refractivity contribution in [2.75, 3.05) is 23.7 Å². The number of rotatable bonds is 4. The van der Waals surface area contributed by atoms with Gasteiger partial charge in [0.25, 0.3) is 0 Å². The molecule has 1 spiro atoms. The van der Waals surface area contributed by atoms with Gasteiger partial charge in [0.05, 0.1) is 34.5 Å². The third-order valence-corrected chi connectivity index (χ3v) is 10.5. The SMILES string of the molecule is N#CC1(CS(=O)(=O)N2Cc3ccc(Cl)cc3C3(CCN(c4cncc5c4CCCC5)C3=O)C2)CC1. The quantitative estimate of drug-likeness (QED) is 0.624. The van der Waals surface area contributed by atoms with Gasteiger partial charge in [-0.25, -0.2) is 8.42 Å². The first-order valence-electron chi connectivity index (χ1n) is 12.2. The number of hydrogen-bond acceptors (Lipinski definition) is 5. The molecule has 1 amide bonds. The van der Waals surface area contributed by atoms with Crippen LogP contribution in [0.5, 0.6) is 0 Å². The standard InChI is InChI=1S/C26H27ClN4O3S/c27-20-6-5-19-14-30(35(33,34)17-25(15-28)7-8-25)16-26(22(19)11-20)9-10-31(24(26)32)23-13-29-12-18-3-1-2-4-21(18)23/h5-6,11-13H,1-4,7-10,14,16-17H2. The number of sulfonamides is 1. The van der Waals surface area contributed by atoms with Gasteiger partial charge in [0.15, 0.2) is 0 Å². The minimum atomic E-state index is -3.73. The van der Waals surface area contributed by atoms with Gasteiger partial charge in [-0.2, -0.15) is 9.57 Å². The third kappa shape index (κ3) is 3.67. The summed E-state index contributed by atoms with van der Waals surface area (Å²) in [5.41, 5.74) is 3.07. The Kier molecular flexibility index (Phi) is 5.26. The van der Waals surface area contributed by atoms with Crippen LogP contribution in [0.2, 0.25) is 5.02 Å². The highest BCUT2D eigenvalue weighted by Gasteiger charge is 2.56. The number of anilines is 1. The molecule has 9 heteroatoms. The maximum absolute atomic E-state index is 14.3. The summed E-state index contributed by atoms with van der Waals surface area (Å²) < 4.78 is 28.4. The number of nitriles is 1. The summed E-state index contributed by atoms with van der Waals surface area (Å²) in [7, 11) is -3.73. The Morgan fingerprint density at radius 1 is 1.11 bits per heavy atom. The maximum Gasteiger partial charge on any atom is 0.239 e. The molecule has 35 heavy (non-hydrogen) atoms. The van der Waals surface area contributed by atoms with E-state index in [9.17, 15) is 18.5 Å². The fourth-order valence-electron chi connectivity index (χ4n) is 6.11. The zero-order valence-electron chi connectivity index (χ0n) is 19.5. The normalized spacial score (nSPS) is 25.3. The zero-order chi connectivity index (χ0) is 24.4. The molecule has 1 unspecified atom stereocenters. The Labute approximate surface area is 210 Å². The Bertz CT molecular complexity index is 1380. The van der Waals surface area contributed by atoms with Gasteiger partial charge in [0, 0.05) is 30.9 Å². The predicted molar refractivity (Wildman–Crippen MR) is 132 cm³/mol. The molecule has 1 saturated heterocycles. The second-order valence-corrected chi connectivity index (χ2v) is 12.9. The number of aryl methyl sites for hydroxylation is 1. The van der Waals surface area contributed by atoms with Crippen LogP contribution in [0, 0.1) is 16.7 Å². The van der Waals surface area contributed by atoms with Crippen LogP contribution in [-0.4, -0.2) is 42.5 Å². The topological polar surface area (TPSA) is 94.4 Å². The molecule has 1 saturated carbocycles. The second-order valence-electron chi connectivity index (χ2n) is 10.5. The van der Waals surface area contributed by atoms with Gasteiger partial charge in [-0.3, -0.25) is 9.78 Å². The molecular formula is C26H27ClN4O3S. The first-order chi connectivity index (χ1) is 16.8. The van der Waals surface area contributed by atoms with Crippen molar-refractivity contribution in [3.63, 3.8) is 0 Å². The molecule has 2 fully saturated rings. The first kappa shape index (κ1) is 23.0. The molecular weight excluding hydrogens is 484 g/mol. The number of amides is 1. The summed E-state index contributed by atoms with van der Waals surface area (Å²) in [6, 6.07) is 7.61. The summed E-state index contributed by atoms with van der Waals surface area (Å²) in [6.45, 7) is 0.759. The zero-order valence-corrected chi connectivity index (χ0v) is 21.0. The van der Waals surface area contributed by atoms with Crippen molar-refractivity contribution in [1.82, 2.24) is 9.29 Å². The molecule has 3 heterocycles. The van der Waals surface area contributed by atoms with Crippen molar-refractivity contribution >= 4 is 33.2 Å². The molecule has 0 bridgehead atoms. The van der Waals surface area contributed by atoms with E-state index in [0.717, 1.165) is 42.5 Å². The highest BCUT2D eigenvalue weighted by molar-refractivity contribution is 7.89. The van der Waals surface area contributed by atoms with Crippen molar-refractivity contribution in [3.05, 3.63) is 57.9 Å². The first-order valence-corrected chi connectivity index (χ1v) is 14.2. The van der Waals surface area contributed by atoms with Crippen LogP contribution >= 0.6 is 11.6 Å². The number of aromatic nitrogens is 1. The number of halogens is 1. The van der Waals surface area contributed by atoms with E-state index >= 15 is 0 Å². The third-order valence-electron chi connectivity index (χ3n) is 8.28. The van der Waals surface area contributed by atoms with Gasteiger partial charge in [0.1, 0.15) is 0 Å². The second kappa shape index (κ2) is 8.02. The number of pyridine rings is 1. The van der Waals surface area contributed by atoms with Crippen LogP contribution in [0.1, 0.15) is 54.4 Å². The van der Waals surface area contributed by atoms with E-state index in [2.05, 4.69) is 11.1 Å². The molecule has 0 N–H and O–H groups in total. The molecule has 2 aliphatic carbocycles. The van der Waals surface area contributed by atoms with Gasteiger partial charge < -0.3 is 4.90 Å². The Morgan fingerprint density at radius 3 is 2.69 bits per heavy atom. The van der Waals surface area contributed by atoms with E-state index in [1.165, 1.54) is 15.4 Å². The van der Waals surface area contributed by atoms with Crippen LogP contribution in [-0.2, 0) is 39.6 Å². The summed E-state index contributed by atoms with van der Waals surface area (Å²) in [4.78, 5) is 20.5. The number of fused-ring (bicyclic) bond motifs is 3. The van der Waals surface area contributed by atoms with Crippen LogP contribution < -0.4 is 4.90 Å². The summed E-state index contributed by atoms with van der Waals surface area (Å²) >= 11 is 6.37. The minimum Gasteiger partial charge on any atom is -0.310 e. The molecule has 2 aromatic rings. The van der Waals surface area contributed by atoms with E-state index in [0.29, 0.717) is 30.8 Å². The molecule has 1 atom stereocenters. The summed E-state index contributed by atoms with van der Waals surface area (Å²) in [5, 5.41) is 10.0. The van der Waals surface area contributed by atoms with Crippen molar-refractivity contribution in [2.45, 2.75) is 56.9 Å². The van der Waals surface area contributed by atoms with Crippen molar-refractivity contribution in [3.8, 4) is 6.07 Å². The van der Waals surface area contributed by atoms with Crippen LogP contribution in [0.25, 0.3) is 0 Å². The van der Waals surface area contributed by atoms with Crippen molar-refractivity contribution < 1.29 is 13.2 Å². The van der Waals surface area contributed by atoms with E-state index in [4.69, 9.17) is 11.6 Å². The lowest BCUT2D eigenvalue weighted by molar-refractivity contribution is -0.122. The van der Waals surface area contributed by atoms with Crippen LogP contribution in [0.15, 0.2) is 30.6 Å². The fraction of sp³-hybridized carbons (Fsp3) is 0.500. The van der Waals surface area contributed by atoms with Crippen LogP contribution in [0.3, 0.4) is 0 Å². The molecule has 182 valence electrons. The Morgan fingerprint density at radius 2 is 1.91 bits per heavy atom. The monoisotopic (exact) mass is 510 g/mol. The van der Waals surface area contributed by atoms with Gasteiger partial charge in [0.2, 0.25) is 15.9 Å². The molecule has 4 aliphatic rings. The molecule has 7 nitrogen and oxygen atoms in total. The smallest absolute Gasteiger partial charge is 0.239 e. The van der Waals surface area contributed by atoms with Gasteiger partial charge >= 0.3 is 0 Å². The molecule has 0 radical (unpaired) electrons. The van der Waals surface area contributed by atoms with Gasteiger partial charge in [-0.15, -0.1) is 0 Å². The maximum atomic E-state index is 14.3. The van der Waals surface area contributed by atoms with Crippen molar-refractivity contribution in [1.29, 1.82) is 5.26 Å². The van der Waals surface area contributed by atoms with E-state index in [-0.39, 0.29) is 24.7 Å². The number of benzene rings is 1. The lowest BCUT2D eigenvalue weighted by Gasteiger charge is -2.40. The predicted octanol–water partition coefficient (Wildman–Crippen LogP) is 3.74. The van der Waals surface area contributed by atoms with E-state index in [1.54, 1.807) is 12.3 Å². The molecule has 1 aromatic heterocycles. The largest absolute Gasteiger partial charge is 0.310 e. The Hall–Kier alpha value is -2.47. The highest BCUT2D eigenvalue weighted by atomic mass is 35.5. The summed E-state index contributed by atoms with van der Waals surface area (Å²) in [6.07, 6.45) is 9.48. The van der Waals surface area contributed by atoms with Gasteiger partial charge in [-0.05, 0) is 79.3 Å². The minimum absolute atomic E-state index is 0.0714. The molecule has 6 rings (SSSR count). The van der Waals surface area contributed by atoms with E-state index < -0.39 is 20.9 Å². The number of nitrogens with zero attached hydrogens (tertiary/aromatic N) is 4. The fourth-order valence-corrected chi connectivity index (χ4v) is 8.27. The van der Waals surface area contributed by atoms with Crippen LogP contribution in [0.4, 0.5) is 5.69 Å². The van der Waals surface area contributed by atoms with Crippen molar-refractivity contribution in [2.24, 2.45) is 5.41 Å². The average molecular weight is 511 g/mol. The average Bonchev–Trinajstić information content (AvgIpc) is 3.55. The van der Waals surface area contributed by atoms with Gasteiger partial charge in [-0.1, -0.05) is 17.7 Å². The number of hydrogen-bond donors (Lipinski definition) is 0. The Balaban J connectivity index is 1.41. The lowest BCUT2D eigenvalue weighted by atomic mass is 9.74. The number of carbonyl (C=O) groups is 1. The molecule has 2 aliphatic heterocycles. The lowest BCUT2D eigenvalue weighted by Crippen LogP contribution is -2.53. The highest BCUT2D eigenvalue weighted by Crippen LogP contribution is 2.49. The molecule has 1 aromatic carbocycles. The summed E-state index contributed by atoms with van der Waals surface area (Å²) in [5.74, 6) is -0.285. The number of carbonyl (C=O) groups excluding carboxylic acids is 1.